The van der Waals surface area contributed by atoms with Crippen LogP contribution in [0.5, 0.6) is 11.6 Å². The van der Waals surface area contributed by atoms with Crippen molar-refractivity contribution in [1.82, 2.24) is 25.3 Å². The van der Waals surface area contributed by atoms with Crippen LogP contribution < -0.4 is 20.3 Å². The van der Waals surface area contributed by atoms with Gasteiger partial charge in [-0.2, -0.15) is 13.2 Å². The van der Waals surface area contributed by atoms with Gasteiger partial charge in [-0.1, -0.05) is 6.07 Å². The topological polar surface area (TPSA) is 105 Å². The monoisotopic (exact) mass is 483 g/mol. The molecule has 12 heteroatoms. The number of hydrogen-bond acceptors (Lipinski definition) is 7. The SMILES string of the molecule is CN(C)c1ccc2c(Oc3ccc(NC(=O)NCc4ccc(C(F)(F)F)nc4)nc3)ncnc2c1. The third kappa shape index (κ3) is 5.91. The summed E-state index contributed by atoms with van der Waals surface area (Å²) in [6.45, 7) is -0.00547. The van der Waals surface area contributed by atoms with Crippen LogP contribution in [0, 0.1) is 0 Å². The number of fused-ring (bicyclic) bond motifs is 1. The van der Waals surface area contributed by atoms with E-state index in [1.54, 1.807) is 12.1 Å². The molecule has 0 aliphatic heterocycles. The van der Waals surface area contributed by atoms with Gasteiger partial charge in [-0.3, -0.25) is 10.3 Å². The Balaban J connectivity index is 1.35. The van der Waals surface area contributed by atoms with Gasteiger partial charge in [0.2, 0.25) is 5.88 Å². The summed E-state index contributed by atoms with van der Waals surface area (Å²) in [4.78, 5) is 30.0. The first-order valence-corrected chi connectivity index (χ1v) is 10.3. The summed E-state index contributed by atoms with van der Waals surface area (Å²) in [6.07, 6.45) is -0.610. The number of alkyl halides is 3. The van der Waals surface area contributed by atoms with Gasteiger partial charge < -0.3 is 15.0 Å². The minimum atomic E-state index is -4.51. The van der Waals surface area contributed by atoms with E-state index in [2.05, 4.69) is 30.6 Å². The highest BCUT2D eigenvalue weighted by Gasteiger charge is 2.31. The normalized spacial score (nSPS) is 11.2. The van der Waals surface area contributed by atoms with E-state index >= 15 is 0 Å². The Hall–Kier alpha value is -4.48. The smallest absolute Gasteiger partial charge is 0.433 e. The molecule has 3 aromatic heterocycles. The molecule has 9 nitrogen and oxygen atoms in total. The van der Waals surface area contributed by atoms with Gasteiger partial charge in [-0.25, -0.2) is 19.7 Å². The van der Waals surface area contributed by atoms with Crippen LogP contribution in [-0.4, -0.2) is 40.1 Å². The first-order valence-electron chi connectivity index (χ1n) is 10.3. The zero-order valence-electron chi connectivity index (χ0n) is 18.7. The van der Waals surface area contributed by atoms with Gasteiger partial charge in [-0.15, -0.1) is 0 Å². The van der Waals surface area contributed by atoms with E-state index in [9.17, 15) is 18.0 Å². The fraction of sp³-hybridized carbons (Fsp3) is 0.174. The molecule has 0 aliphatic rings. The molecule has 0 aliphatic carbocycles. The molecule has 35 heavy (non-hydrogen) atoms. The number of amides is 2. The maximum absolute atomic E-state index is 12.6. The number of nitrogens with zero attached hydrogens (tertiary/aromatic N) is 5. The van der Waals surface area contributed by atoms with Crippen molar-refractivity contribution in [2.75, 3.05) is 24.3 Å². The van der Waals surface area contributed by atoms with Crippen molar-refractivity contribution in [3.05, 3.63) is 72.4 Å². The van der Waals surface area contributed by atoms with Crippen molar-refractivity contribution in [3.8, 4) is 11.6 Å². The first kappa shape index (κ1) is 23.7. The minimum Gasteiger partial charge on any atom is -0.437 e. The van der Waals surface area contributed by atoms with Crippen LogP contribution in [0.15, 0.2) is 61.2 Å². The van der Waals surface area contributed by atoms with E-state index in [-0.39, 0.29) is 12.4 Å². The summed E-state index contributed by atoms with van der Waals surface area (Å²) < 4.78 is 43.6. The van der Waals surface area contributed by atoms with Crippen LogP contribution in [0.3, 0.4) is 0 Å². The highest BCUT2D eigenvalue weighted by molar-refractivity contribution is 5.88. The molecule has 0 saturated carbocycles. The van der Waals surface area contributed by atoms with Gasteiger partial charge in [-0.05, 0) is 42.0 Å². The molecule has 0 unspecified atom stereocenters. The van der Waals surface area contributed by atoms with Crippen LogP contribution in [0.2, 0.25) is 0 Å². The van der Waals surface area contributed by atoms with Gasteiger partial charge in [0.05, 0.1) is 17.1 Å². The Morgan fingerprint density at radius 3 is 2.49 bits per heavy atom. The van der Waals surface area contributed by atoms with Gasteiger partial charge in [0.15, 0.2) is 0 Å². The van der Waals surface area contributed by atoms with E-state index in [1.807, 2.05) is 37.2 Å². The van der Waals surface area contributed by atoms with Crippen LogP contribution in [0.25, 0.3) is 10.9 Å². The largest absolute Gasteiger partial charge is 0.437 e. The Kier molecular flexibility index (Phi) is 6.62. The summed E-state index contributed by atoms with van der Waals surface area (Å²) in [5, 5.41) is 5.80. The number of nitrogens with one attached hydrogen (secondary N) is 2. The van der Waals surface area contributed by atoms with Crippen molar-refractivity contribution < 1.29 is 22.7 Å². The maximum atomic E-state index is 12.6. The predicted octanol–water partition coefficient (Wildman–Crippen LogP) is 4.62. The van der Waals surface area contributed by atoms with Crippen molar-refractivity contribution in [2.24, 2.45) is 0 Å². The average molecular weight is 483 g/mol. The molecule has 0 atom stereocenters. The minimum absolute atomic E-state index is 0.00547. The second-order valence-electron chi connectivity index (χ2n) is 7.61. The molecular weight excluding hydrogens is 463 g/mol. The van der Waals surface area contributed by atoms with Crippen molar-refractivity contribution >= 4 is 28.4 Å². The summed E-state index contributed by atoms with van der Waals surface area (Å²) in [7, 11) is 3.88. The van der Waals surface area contributed by atoms with Crippen molar-refractivity contribution in [3.63, 3.8) is 0 Å². The maximum Gasteiger partial charge on any atom is 0.433 e. The quantitative estimate of drug-likeness (QED) is 0.412. The lowest BCUT2D eigenvalue weighted by Crippen LogP contribution is -2.28. The number of rotatable bonds is 6. The van der Waals surface area contributed by atoms with Crippen LogP contribution >= 0.6 is 0 Å². The number of benzene rings is 1. The molecule has 1 aromatic carbocycles. The lowest BCUT2D eigenvalue weighted by atomic mass is 10.2. The molecule has 0 radical (unpaired) electrons. The van der Waals surface area contributed by atoms with Crippen LogP contribution in [-0.2, 0) is 12.7 Å². The number of urea groups is 1. The third-order valence-corrected chi connectivity index (χ3v) is 4.86. The molecule has 2 N–H and O–H groups in total. The summed E-state index contributed by atoms with van der Waals surface area (Å²) in [6, 6.07) is 10.4. The Labute approximate surface area is 198 Å². The van der Waals surface area contributed by atoms with Gasteiger partial charge in [0.1, 0.15) is 23.6 Å². The summed E-state index contributed by atoms with van der Waals surface area (Å²) in [5.41, 5.74) is 1.14. The zero-order valence-corrected chi connectivity index (χ0v) is 18.7. The lowest BCUT2D eigenvalue weighted by molar-refractivity contribution is -0.141. The fourth-order valence-electron chi connectivity index (χ4n) is 3.05. The second-order valence-corrected chi connectivity index (χ2v) is 7.61. The molecule has 3 heterocycles. The number of anilines is 2. The van der Waals surface area contributed by atoms with Gasteiger partial charge in [0, 0.05) is 32.5 Å². The fourth-order valence-corrected chi connectivity index (χ4v) is 3.05. The molecule has 180 valence electrons. The van der Waals surface area contributed by atoms with Crippen LogP contribution in [0.4, 0.5) is 29.5 Å². The molecule has 2 amide bonds. The molecule has 4 rings (SSSR count). The van der Waals surface area contributed by atoms with Crippen molar-refractivity contribution in [2.45, 2.75) is 12.7 Å². The average Bonchev–Trinajstić information content (AvgIpc) is 2.83. The molecule has 4 aromatic rings. The number of hydrogen-bond donors (Lipinski definition) is 2. The Bertz CT molecular complexity index is 1330. The number of halogens is 3. The number of ether oxygens (including phenoxy) is 1. The molecule has 0 saturated heterocycles. The van der Waals surface area contributed by atoms with E-state index in [1.165, 1.54) is 18.6 Å². The second kappa shape index (κ2) is 9.79. The molecule has 0 bridgehead atoms. The highest BCUT2D eigenvalue weighted by Crippen LogP contribution is 2.29. The Morgan fingerprint density at radius 1 is 1.00 bits per heavy atom. The third-order valence-electron chi connectivity index (χ3n) is 4.86. The first-order chi connectivity index (χ1) is 16.7. The molecular formula is C23H20F3N7O2. The number of carbonyl (C=O) groups is 1. The number of pyridine rings is 2. The Morgan fingerprint density at radius 2 is 1.83 bits per heavy atom. The van der Waals surface area contributed by atoms with E-state index in [4.69, 9.17) is 4.74 Å². The number of carbonyl (C=O) groups excluding carboxylic acids is 1. The molecule has 0 spiro atoms. The number of aromatic nitrogens is 4. The van der Waals surface area contributed by atoms with E-state index in [0.29, 0.717) is 17.2 Å². The van der Waals surface area contributed by atoms with E-state index in [0.717, 1.165) is 28.9 Å². The summed E-state index contributed by atoms with van der Waals surface area (Å²) >= 11 is 0. The molecule has 0 fully saturated rings. The van der Waals surface area contributed by atoms with Gasteiger partial charge in [0.25, 0.3) is 0 Å². The standard InChI is InChI=1S/C23H20F3N7O2/c1-33(2)15-4-6-17-18(9-15)30-13-31-21(17)35-16-5-8-20(28-12-16)32-22(34)29-11-14-3-7-19(27-10-14)23(24,25)26/h3-10,12-13H,11H2,1-2H3,(H2,28,29,32,34). The predicted molar refractivity (Wildman–Crippen MR) is 123 cm³/mol. The summed E-state index contributed by atoms with van der Waals surface area (Å²) in [5.74, 6) is 1.03. The van der Waals surface area contributed by atoms with E-state index < -0.39 is 17.9 Å². The zero-order chi connectivity index (χ0) is 25.0. The van der Waals surface area contributed by atoms with Gasteiger partial charge >= 0.3 is 12.2 Å². The van der Waals surface area contributed by atoms with Crippen molar-refractivity contribution in [1.29, 1.82) is 0 Å². The lowest BCUT2D eigenvalue weighted by Gasteiger charge is -2.13. The highest BCUT2D eigenvalue weighted by atomic mass is 19.4. The van der Waals surface area contributed by atoms with Crippen LogP contribution in [0.1, 0.15) is 11.3 Å².